The van der Waals surface area contributed by atoms with E-state index in [9.17, 15) is 0 Å². The number of pyridine rings is 1. The minimum absolute atomic E-state index is 0.234. The largest absolute Gasteiger partial charge is 0.381 e. The molecule has 0 atom stereocenters. The van der Waals surface area contributed by atoms with E-state index in [4.69, 9.17) is 9.73 Å². The SMILES string of the molecule is CCNC(=NCc1ccnc2ccccc12)NCC1(SC)CCOCC1. The van der Waals surface area contributed by atoms with Crippen molar-refractivity contribution in [1.82, 2.24) is 15.6 Å². The first-order chi connectivity index (χ1) is 12.8. The first kappa shape index (κ1) is 19.0. The summed E-state index contributed by atoms with van der Waals surface area (Å²) in [5.74, 6) is 0.869. The zero-order valence-electron chi connectivity index (χ0n) is 15.6. The van der Waals surface area contributed by atoms with E-state index >= 15 is 0 Å². The van der Waals surface area contributed by atoms with E-state index in [1.807, 2.05) is 36.2 Å². The molecule has 140 valence electrons. The van der Waals surface area contributed by atoms with Gasteiger partial charge in [-0.25, -0.2) is 4.99 Å². The molecular formula is C20H28N4OS. The first-order valence-electron chi connectivity index (χ1n) is 9.24. The van der Waals surface area contributed by atoms with E-state index in [-0.39, 0.29) is 4.75 Å². The van der Waals surface area contributed by atoms with Crippen LogP contribution in [-0.2, 0) is 11.3 Å². The number of thioether (sulfide) groups is 1. The topological polar surface area (TPSA) is 58.5 Å². The quantitative estimate of drug-likeness (QED) is 0.602. The number of aromatic nitrogens is 1. The van der Waals surface area contributed by atoms with E-state index in [1.54, 1.807) is 0 Å². The van der Waals surface area contributed by atoms with Crippen molar-refractivity contribution < 1.29 is 4.74 Å². The van der Waals surface area contributed by atoms with E-state index in [2.05, 4.69) is 40.9 Å². The van der Waals surface area contributed by atoms with Gasteiger partial charge >= 0.3 is 0 Å². The van der Waals surface area contributed by atoms with Crippen LogP contribution in [0.15, 0.2) is 41.5 Å². The molecule has 2 N–H and O–H groups in total. The Morgan fingerprint density at radius 2 is 2.04 bits per heavy atom. The van der Waals surface area contributed by atoms with Gasteiger partial charge in [-0.05, 0) is 43.7 Å². The Kier molecular flexibility index (Phi) is 6.74. The summed E-state index contributed by atoms with van der Waals surface area (Å²) in [6.07, 6.45) is 6.21. The Morgan fingerprint density at radius 1 is 1.23 bits per heavy atom. The van der Waals surface area contributed by atoms with Crippen LogP contribution in [0.25, 0.3) is 10.9 Å². The number of para-hydroxylation sites is 1. The third-order valence-corrected chi connectivity index (χ3v) is 6.32. The lowest BCUT2D eigenvalue weighted by molar-refractivity contribution is 0.0783. The summed E-state index contributed by atoms with van der Waals surface area (Å²) >= 11 is 1.94. The van der Waals surface area contributed by atoms with Crippen LogP contribution in [0, 0.1) is 0 Å². The molecule has 0 radical (unpaired) electrons. The van der Waals surface area contributed by atoms with Crippen molar-refractivity contribution in [2.45, 2.75) is 31.1 Å². The highest BCUT2D eigenvalue weighted by Crippen LogP contribution is 2.32. The van der Waals surface area contributed by atoms with Crippen molar-refractivity contribution in [1.29, 1.82) is 0 Å². The molecule has 1 saturated heterocycles. The molecule has 5 nitrogen and oxygen atoms in total. The maximum Gasteiger partial charge on any atom is 0.191 e. The molecule has 1 fully saturated rings. The van der Waals surface area contributed by atoms with Crippen LogP contribution in [0.4, 0.5) is 0 Å². The van der Waals surface area contributed by atoms with Crippen molar-refractivity contribution in [3.8, 4) is 0 Å². The number of guanidine groups is 1. The third kappa shape index (κ3) is 4.68. The molecule has 0 spiro atoms. The Bertz CT molecular complexity index is 738. The number of hydrogen-bond acceptors (Lipinski definition) is 4. The number of ether oxygens (including phenoxy) is 1. The monoisotopic (exact) mass is 372 g/mol. The van der Waals surface area contributed by atoms with Crippen LogP contribution in [0.5, 0.6) is 0 Å². The molecule has 1 aliphatic heterocycles. The Morgan fingerprint density at radius 3 is 2.81 bits per heavy atom. The van der Waals surface area contributed by atoms with Gasteiger partial charge in [0.15, 0.2) is 5.96 Å². The minimum atomic E-state index is 0.234. The van der Waals surface area contributed by atoms with E-state index < -0.39 is 0 Å². The van der Waals surface area contributed by atoms with Gasteiger partial charge in [-0.3, -0.25) is 4.98 Å². The molecule has 26 heavy (non-hydrogen) atoms. The van der Waals surface area contributed by atoms with Crippen molar-refractivity contribution in [2.24, 2.45) is 4.99 Å². The number of rotatable bonds is 6. The predicted molar refractivity (Wildman–Crippen MR) is 111 cm³/mol. The van der Waals surface area contributed by atoms with Gasteiger partial charge < -0.3 is 15.4 Å². The van der Waals surface area contributed by atoms with Gasteiger partial charge in [-0.1, -0.05) is 18.2 Å². The fraction of sp³-hybridized carbons (Fsp3) is 0.500. The number of aliphatic imine (C=N–C) groups is 1. The average Bonchev–Trinajstić information content (AvgIpc) is 2.71. The van der Waals surface area contributed by atoms with Gasteiger partial charge in [0.05, 0.1) is 12.1 Å². The van der Waals surface area contributed by atoms with E-state index in [0.29, 0.717) is 6.54 Å². The molecule has 0 aliphatic carbocycles. The zero-order chi connectivity index (χ0) is 18.2. The molecule has 2 aromatic rings. The van der Waals surface area contributed by atoms with Crippen LogP contribution in [0.1, 0.15) is 25.3 Å². The maximum atomic E-state index is 5.53. The summed E-state index contributed by atoms with van der Waals surface area (Å²) in [6, 6.07) is 10.3. The Labute approximate surface area is 160 Å². The van der Waals surface area contributed by atoms with Gasteiger partial charge in [0, 0.05) is 42.6 Å². The third-order valence-electron chi connectivity index (χ3n) is 4.91. The molecule has 3 rings (SSSR count). The summed E-state index contributed by atoms with van der Waals surface area (Å²) in [5.41, 5.74) is 2.21. The lowest BCUT2D eigenvalue weighted by atomic mass is 9.99. The number of nitrogens with zero attached hydrogens (tertiary/aromatic N) is 2. The van der Waals surface area contributed by atoms with E-state index in [1.165, 1.54) is 10.9 Å². The molecule has 0 amide bonds. The van der Waals surface area contributed by atoms with E-state index in [0.717, 1.165) is 50.6 Å². The van der Waals surface area contributed by atoms with Crippen molar-refractivity contribution in [3.63, 3.8) is 0 Å². The lowest BCUT2D eigenvalue weighted by Gasteiger charge is -2.36. The lowest BCUT2D eigenvalue weighted by Crippen LogP contribution is -2.47. The highest BCUT2D eigenvalue weighted by Gasteiger charge is 2.31. The van der Waals surface area contributed by atoms with Crippen LogP contribution >= 0.6 is 11.8 Å². The van der Waals surface area contributed by atoms with Crippen LogP contribution in [0.3, 0.4) is 0 Å². The molecule has 0 saturated carbocycles. The second kappa shape index (κ2) is 9.24. The molecule has 0 unspecified atom stereocenters. The second-order valence-corrected chi connectivity index (χ2v) is 7.81. The first-order valence-corrected chi connectivity index (χ1v) is 10.5. The standard InChI is InChI=1S/C20H28N4OS/c1-3-21-19(24-15-20(26-2)9-12-25-13-10-20)23-14-16-8-11-22-18-7-5-4-6-17(16)18/h4-8,11H,3,9-10,12-15H2,1-2H3,(H2,21,23,24). The molecule has 0 bridgehead atoms. The van der Waals surface area contributed by atoms with Crippen LogP contribution < -0.4 is 10.6 Å². The van der Waals surface area contributed by atoms with Crippen LogP contribution in [0.2, 0.25) is 0 Å². The summed E-state index contributed by atoms with van der Waals surface area (Å²) in [6.45, 7) is 6.17. The summed E-state index contributed by atoms with van der Waals surface area (Å²) in [4.78, 5) is 9.24. The summed E-state index contributed by atoms with van der Waals surface area (Å²) in [7, 11) is 0. The minimum Gasteiger partial charge on any atom is -0.381 e. The van der Waals surface area contributed by atoms with Crippen molar-refractivity contribution in [3.05, 3.63) is 42.1 Å². The number of nitrogens with one attached hydrogen (secondary N) is 2. The fourth-order valence-corrected chi connectivity index (χ4v) is 4.03. The fourth-order valence-electron chi connectivity index (χ4n) is 3.24. The molecule has 1 aromatic carbocycles. The molecule has 1 aromatic heterocycles. The normalized spacial score (nSPS) is 17.2. The average molecular weight is 373 g/mol. The summed E-state index contributed by atoms with van der Waals surface area (Å²) in [5, 5.41) is 8.08. The Hall–Kier alpha value is -1.79. The number of hydrogen-bond donors (Lipinski definition) is 2. The second-order valence-electron chi connectivity index (χ2n) is 6.54. The summed E-state index contributed by atoms with van der Waals surface area (Å²) < 4.78 is 5.77. The molecule has 6 heteroatoms. The molecule has 2 heterocycles. The predicted octanol–water partition coefficient (Wildman–Crippen LogP) is 3.20. The Balaban J connectivity index is 1.70. The molecular weight excluding hydrogens is 344 g/mol. The van der Waals surface area contributed by atoms with Crippen molar-refractivity contribution >= 4 is 28.6 Å². The van der Waals surface area contributed by atoms with Gasteiger partial charge in [-0.2, -0.15) is 11.8 Å². The highest BCUT2D eigenvalue weighted by atomic mass is 32.2. The van der Waals surface area contributed by atoms with Gasteiger partial charge in [0.1, 0.15) is 0 Å². The zero-order valence-corrected chi connectivity index (χ0v) is 16.4. The van der Waals surface area contributed by atoms with Gasteiger partial charge in [0.25, 0.3) is 0 Å². The number of fused-ring (bicyclic) bond motifs is 1. The highest BCUT2D eigenvalue weighted by molar-refractivity contribution is 8.00. The van der Waals surface area contributed by atoms with Crippen LogP contribution in [-0.4, -0.2) is 48.2 Å². The van der Waals surface area contributed by atoms with Gasteiger partial charge in [-0.15, -0.1) is 0 Å². The van der Waals surface area contributed by atoms with Crippen molar-refractivity contribution in [2.75, 3.05) is 32.6 Å². The molecule has 1 aliphatic rings. The smallest absolute Gasteiger partial charge is 0.191 e. The number of benzene rings is 1. The van der Waals surface area contributed by atoms with Gasteiger partial charge in [0.2, 0.25) is 0 Å². The maximum absolute atomic E-state index is 5.53.